The number of benzene rings is 3. The zero-order valence-corrected chi connectivity index (χ0v) is 14.6. The Labute approximate surface area is 150 Å². The average molecular weight is 378 g/mol. The average Bonchev–Trinajstić information content (AvgIpc) is 3.10. The van der Waals surface area contributed by atoms with Gasteiger partial charge in [0.1, 0.15) is 12.1 Å². The van der Waals surface area contributed by atoms with E-state index < -0.39 is 5.54 Å². The smallest absolute Gasteiger partial charge is 0.218 e. The first-order chi connectivity index (χ1) is 11.8. The van der Waals surface area contributed by atoms with E-state index in [1.807, 2.05) is 60.7 Å². The molecule has 0 atom stereocenters. The fourth-order valence-electron chi connectivity index (χ4n) is 3.07. The van der Waals surface area contributed by atoms with Gasteiger partial charge in [0, 0.05) is 4.47 Å². The minimum Gasteiger partial charge on any atom is -0.474 e. The predicted octanol–water partition coefficient (Wildman–Crippen LogP) is 5.17. The van der Waals surface area contributed by atoms with Gasteiger partial charge in [0.15, 0.2) is 0 Å². The molecule has 118 valence electrons. The number of halogens is 1. The molecule has 0 amide bonds. The van der Waals surface area contributed by atoms with E-state index in [1.165, 1.54) is 0 Å². The summed E-state index contributed by atoms with van der Waals surface area (Å²) in [4.78, 5) is 5.06. The SMILES string of the molecule is Brc1ccccc1C1=NC(c2ccccc2)(c2ccccc2)CO1. The summed E-state index contributed by atoms with van der Waals surface area (Å²) in [5, 5.41) is 0. The van der Waals surface area contributed by atoms with Crippen molar-refractivity contribution in [3.05, 3.63) is 106 Å². The Morgan fingerprint density at radius 1 is 0.750 bits per heavy atom. The van der Waals surface area contributed by atoms with Crippen molar-refractivity contribution >= 4 is 21.8 Å². The summed E-state index contributed by atoms with van der Waals surface area (Å²) in [6, 6.07) is 28.7. The highest BCUT2D eigenvalue weighted by Crippen LogP contribution is 2.39. The lowest BCUT2D eigenvalue weighted by atomic mass is 9.84. The van der Waals surface area contributed by atoms with Crippen molar-refractivity contribution in [1.82, 2.24) is 0 Å². The van der Waals surface area contributed by atoms with Crippen molar-refractivity contribution in [1.29, 1.82) is 0 Å². The molecule has 1 heterocycles. The lowest BCUT2D eigenvalue weighted by molar-refractivity contribution is 0.282. The number of rotatable bonds is 3. The number of hydrogen-bond acceptors (Lipinski definition) is 2. The maximum Gasteiger partial charge on any atom is 0.218 e. The van der Waals surface area contributed by atoms with Crippen LogP contribution in [-0.2, 0) is 10.3 Å². The third kappa shape index (κ3) is 2.55. The largest absolute Gasteiger partial charge is 0.474 e. The van der Waals surface area contributed by atoms with Gasteiger partial charge in [0.25, 0.3) is 0 Å². The number of nitrogens with zero attached hydrogens (tertiary/aromatic N) is 1. The van der Waals surface area contributed by atoms with Crippen LogP contribution in [0.4, 0.5) is 0 Å². The molecule has 0 radical (unpaired) electrons. The molecule has 2 nitrogen and oxygen atoms in total. The van der Waals surface area contributed by atoms with Crippen molar-refractivity contribution in [2.24, 2.45) is 4.99 Å². The molecule has 0 fully saturated rings. The molecular weight excluding hydrogens is 362 g/mol. The van der Waals surface area contributed by atoms with Gasteiger partial charge < -0.3 is 4.74 Å². The van der Waals surface area contributed by atoms with Crippen molar-refractivity contribution in [3.8, 4) is 0 Å². The molecule has 0 spiro atoms. The molecule has 0 saturated heterocycles. The van der Waals surface area contributed by atoms with Crippen LogP contribution in [0.5, 0.6) is 0 Å². The first-order valence-corrected chi connectivity index (χ1v) is 8.67. The highest BCUT2D eigenvalue weighted by molar-refractivity contribution is 9.10. The molecule has 1 aliphatic rings. The monoisotopic (exact) mass is 377 g/mol. The third-order valence-corrected chi connectivity index (χ3v) is 5.01. The standard InChI is InChI=1S/C21H16BrNO/c22-19-14-8-7-13-18(19)20-23-21(15-24-20,16-9-3-1-4-10-16)17-11-5-2-6-12-17/h1-14H,15H2. The Balaban J connectivity index is 1.89. The summed E-state index contributed by atoms with van der Waals surface area (Å²) < 4.78 is 7.05. The number of ether oxygens (including phenoxy) is 1. The quantitative estimate of drug-likeness (QED) is 0.616. The topological polar surface area (TPSA) is 21.6 Å². The van der Waals surface area contributed by atoms with Crippen LogP contribution in [0.1, 0.15) is 16.7 Å². The van der Waals surface area contributed by atoms with E-state index in [1.54, 1.807) is 0 Å². The van der Waals surface area contributed by atoms with Gasteiger partial charge in [-0.2, -0.15) is 0 Å². The molecule has 3 heteroatoms. The molecule has 3 aromatic carbocycles. The van der Waals surface area contributed by atoms with E-state index in [2.05, 4.69) is 40.2 Å². The van der Waals surface area contributed by atoms with Crippen LogP contribution in [-0.4, -0.2) is 12.5 Å². The van der Waals surface area contributed by atoms with E-state index in [9.17, 15) is 0 Å². The van der Waals surface area contributed by atoms with Gasteiger partial charge in [0.2, 0.25) is 5.90 Å². The van der Waals surface area contributed by atoms with Crippen LogP contribution in [0.25, 0.3) is 0 Å². The van der Waals surface area contributed by atoms with Crippen LogP contribution in [0.2, 0.25) is 0 Å². The van der Waals surface area contributed by atoms with E-state index in [-0.39, 0.29) is 0 Å². The van der Waals surface area contributed by atoms with E-state index in [0.29, 0.717) is 12.5 Å². The second-order valence-electron chi connectivity index (χ2n) is 5.78. The van der Waals surface area contributed by atoms with E-state index in [4.69, 9.17) is 9.73 Å². The van der Waals surface area contributed by atoms with Crippen LogP contribution < -0.4 is 0 Å². The second kappa shape index (κ2) is 6.25. The van der Waals surface area contributed by atoms with Crippen molar-refractivity contribution in [2.45, 2.75) is 5.54 Å². The van der Waals surface area contributed by atoms with Crippen LogP contribution in [0, 0.1) is 0 Å². The summed E-state index contributed by atoms with van der Waals surface area (Å²) in [5.74, 6) is 0.676. The van der Waals surface area contributed by atoms with E-state index >= 15 is 0 Å². The summed E-state index contributed by atoms with van der Waals surface area (Å²) >= 11 is 3.60. The Hall–Kier alpha value is -2.39. The minimum absolute atomic E-state index is 0.498. The molecule has 0 aliphatic carbocycles. The maximum absolute atomic E-state index is 6.06. The summed E-state index contributed by atoms with van der Waals surface area (Å²) in [6.45, 7) is 0.498. The first-order valence-electron chi connectivity index (χ1n) is 7.88. The van der Waals surface area contributed by atoms with Crippen LogP contribution >= 0.6 is 15.9 Å². The maximum atomic E-state index is 6.06. The number of hydrogen-bond donors (Lipinski definition) is 0. The minimum atomic E-state index is -0.507. The fraction of sp³-hybridized carbons (Fsp3) is 0.0952. The fourth-order valence-corrected chi connectivity index (χ4v) is 3.53. The molecule has 0 N–H and O–H groups in total. The zero-order chi connectivity index (χ0) is 16.4. The lowest BCUT2D eigenvalue weighted by Crippen LogP contribution is -2.26. The van der Waals surface area contributed by atoms with Gasteiger partial charge in [-0.25, -0.2) is 4.99 Å². The molecule has 1 aliphatic heterocycles. The summed E-state index contributed by atoms with van der Waals surface area (Å²) in [6.07, 6.45) is 0. The number of aliphatic imine (C=N–C) groups is 1. The predicted molar refractivity (Wildman–Crippen MR) is 100 cm³/mol. The van der Waals surface area contributed by atoms with Gasteiger partial charge in [-0.1, -0.05) is 72.8 Å². The van der Waals surface area contributed by atoms with Crippen LogP contribution in [0.15, 0.2) is 94.4 Å². The molecule has 0 aromatic heterocycles. The molecule has 0 bridgehead atoms. The van der Waals surface area contributed by atoms with Gasteiger partial charge in [-0.05, 0) is 39.2 Å². The summed E-state index contributed by atoms with van der Waals surface area (Å²) in [5.41, 5.74) is 2.75. The molecule has 0 saturated carbocycles. The Morgan fingerprint density at radius 2 is 1.29 bits per heavy atom. The lowest BCUT2D eigenvalue weighted by Gasteiger charge is -2.25. The second-order valence-corrected chi connectivity index (χ2v) is 6.63. The van der Waals surface area contributed by atoms with Crippen molar-refractivity contribution in [2.75, 3.05) is 6.61 Å². The molecule has 24 heavy (non-hydrogen) atoms. The highest BCUT2D eigenvalue weighted by Gasteiger charge is 2.40. The van der Waals surface area contributed by atoms with Crippen LogP contribution in [0.3, 0.4) is 0 Å². The van der Waals surface area contributed by atoms with Crippen molar-refractivity contribution < 1.29 is 4.74 Å². The Bertz CT molecular complexity index is 835. The highest BCUT2D eigenvalue weighted by atomic mass is 79.9. The van der Waals surface area contributed by atoms with Gasteiger partial charge in [-0.3, -0.25) is 0 Å². The summed E-state index contributed by atoms with van der Waals surface area (Å²) in [7, 11) is 0. The van der Waals surface area contributed by atoms with Gasteiger partial charge in [0.05, 0.1) is 5.56 Å². The molecule has 0 unspecified atom stereocenters. The third-order valence-electron chi connectivity index (χ3n) is 4.32. The van der Waals surface area contributed by atoms with Crippen molar-refractivity contribution in [3.63, 3.8) is 0 Å². The Kier molecular flexibility index (Phi) is 3.95. The van der Waals surface area contributed by atoms with Gasteiger partial charge in [-0.15, -0.1) is 0 Å². The molecule has 3 aromatic rings. The molecule has 4 rings (SSSR count). The normalized spacial score (nSPS) is 15.6. The molecular formula is C21H16BrNO. The first kappa shape index (κ1) is 15.2. The van der Waals surface area contributed by atoms with Gasteiger partial charge >= 0.3 is 0 Å². The zero-order valence-electron chi connectivity index (χ0n) is 13.0. The van der Waals surface area contributed by atoms with E-state index in [0.717, 1.165) is 21.2 Å². The Morgan fingerprint density at radius 3 is 1.88 bits per heavy atom.